The van der Waals surface area contributed by atoms with Crippen molar-refractivity contribution in [1.29, 1.82) is 0 Å². The van der Waals surface area contributed by atoms with Gasteiger partial charge in [-0.05, 0) is 67.5 Å². The Morgan fingerprint density at radius 3 is 2.56 bits per heavy atom. The van der Waals surface area contributed by atoms with E-state index >= 15 is 0 Å². The average molecular weight is 628 g/mol. The number of likely N-dealkylation sites (tertiary alicyclic amines) is 1. The Kier molecular flexibility index (Phi) is 12.5. The van der Waals surface area contributed by atoms with Crippen molar-refractivity contribution >= 4 is 11.6 Å². The molecule has 2 heterocycles. The highest BCUT2D eigenvalue weighted by Gasteiger charge is 2.43. The third-order valence-electron chi connectivity index (χ3n) is 8.98. The Bertz CT molecular complexity index is 1220. The number of hydrogen-bond acceptors (Lipinski definition) is 9. The van der Waals surface area contributed by atoms with Crippen LogP contribution < -0.4 is 20.1 Å². The molecule has 2 unspecified atom stereocenters. The van der Waals surface area contributed by atoms with Crippen molar-refractivity contribution in [3.05, 3.63) is 53.6 Å². The van der Waals surface area contributed by atoms with E-state index in [1.54, 1.807) is 28.3 Å². The fraction of sp³-hybridized carbons (Fsp3) is 0.629. The molecule has 1 amide bonds. The highest BCUT2D eigenvalue weighted by molar-refractivity contribution is 5.82. The van der Waals surface area contributed by atoms with E-state index in [4.69, 9.17) is 29.4 Å². The molecule has 250 valence electrons. The predicted octanol–water partition coefficient (Wildman–Crippen LogP) is 3.97. The molecule has 5 atom stereocenters. The second-order valence-electron chi connectivity index (χ2n) is 13.0. The molecule has 0 saturated carbocycles. The molecule has 2 aliphatic rings. The van der Waals surface area contributed by atoms with Gasteiger partial charge in [-0.3, -0.25) is 4.79 Å². The first-order valence-electron chi connectivity index (χ1n) is 16.1. The van der Waals surface area contributed by atoms with Gasteiger partial charge in [0.15, 0.2) is 0 Å². The van der Waals surface area contributed by atoms with Gasteiger partial charge >= 0.3 is 0 Å². The van der Waals surface area contributed by atoms with E-state index in [-0.39, 0.29) is 36.5 Å². The Morgan fingerprint density at radius 1 is 1.13 bits per heavy atom. The first-order valence-corrected chi connectivity index (χ1v) is 16.1. The van der Waals surface area contributed by atoms with E-state index in [0.717, 1.165) is 47.8 Å². The van der Waals surface area contributed by atoms with Crippen molar-refractivity contribution in [2.75, 3.05) is 65.7 Å². The molecule has 3 N–H and O–H groups in total. The SMILES string of the molecule is COCCCN1CCOc2ccc(CO[C@H]3CN(C(=O)C(N)C(C)C)[C@@H](CC(C)(O)COC)C[C@@H]3c3ccc(OC)cc3)cc21. The maximum atomic E-state index is 13.8. The summed E-state index contributed by atoms with van der Waals surface area (Å²) in [6, 6.07) is 13.4. The van der Waals surface area contributed by atoms with Crippen molar-refractivity contribution in [2.45, 2.75) is 76.3 Å². The second-order valence-corrected chi connectivity index (χ2v) is 13.0. The van der Waals surface area contributed by atoms with Gasteiger partial charge in [0.25, 0.3) is 0 Å². The monoisotopic (exact) mass is 627 g/mol. The standard InChI is InChI=1S/C35H53N3O7/c1-24(2)33(36)34(39)38-21-32(45-22-25-8-13-31-30(18-25)37(15-17-44-31)14-7-16-41-4)29(26-9-11-28(43-6)12-10-26)19-27(38)20-35(3,40)23-42-5/h8-13,18,24,27,29,32-33,40H,7,14-17,19-23,36H2,1-6H3/t27-,29-,32+,33?,35?/m1/s1. The van der Waals surface area contributed by atoms with Crippen molar-refractivity contribution in [1.82, 2.24) is 4.90 Å². The lowest BCUT2D eigenvalue weighted by molar-refractivity contribution is -0.146. The Hall–Kier alpha value is -2.89. The molecule has 10 nitrogen and oxygen atoms in total. The second kappa shape index (κ2) is 16.1. The lowest BCUT2D eigenvalue weighted by Crippen LogP contribution is -2.59. The van der Waals surface area contributed by atoms with Crippen molar-refractivity contribution in [3.63, 3.8) is 0 Å². The minimum atomic E-state index is -1.11. The quantitative estimate of drug-likeness (QED) is 0.283. The van der Waals surface area contributed by atoms with Gasteiger partial charge in [0, 0.05) is 45.9 Å². The van der Waals surface area contributed by atoms with Gasteiger partial charge in [-0.15, -0.1) is 0 Å². The molecule has 2 aliphatic heterocycles. The maximum absolute atomic E-state index is 13.8. The molecule has 2 aromatic carbocycles. The Labute approximate surface area is 268 Å². The van der Waals surface area contributed by atoms with Crippen LogP contribution in [0.5, 0.6) is 11.5 Å². The number of piperidine rings is 1. The smallest absolute Gasteiger partial charge is 0.240 e. The molecular formula is C35H53N3O7. The summed E-state index contributed by atoms with van der Waals surface area (Å²) in [5.74, 6) is 1.48. The number of benzene rings is 2. The Morgan fingerprint density at radius 2 is 1.89 bits per heavy atom. The first-order chi connectivity index (χ1) is 21.6. The number of ether oxygens (including phenoxy) is 5. The highest BCUT2D eigenvalue weighted by atomic mass is 16.5. The van der Waals surface area contributed by atoms with Crippen LogP contribution in [0.3, 0.4) is 0 Å². The average Bonchev–Trinajstić information content (AvgIpc) is 3.03. The third kappa shape index (κ3) is 9.10. The fourth-order valence-corrected chi connectivity index (χ4v) is 6.47. The zero-order chi connectivity index (χ0) is 32.6. The van der Waals surface area contributed by atoms with Gasteiger partial charge in [-0.25, -0.2) is 0 Å². The maximum Gasteiger partial charge on any atom is 0.240 e. The van der Waals surface area contributed by atoms with Gasteiger partial charge < -0.3 is 44.3 Å². The van der Waals surface area contributed by atoms with E-state index < -0.39 is 11.6 Å². The normalized spacial score (nSPS) is 22.0. The van der Waals surface area contributed by atoms with E-state index in [2.05, 4.69) is 23.1 Å². The molecule has 0 spiro atoms. The number of hydrogen-bond donors (Lipinski definition) is 2. The van der Waals surface area contributed by atoms with Gasteiger partial charge in [0.05, 0.1) is 50.3 Å². The van der Waals surface area contributed by atoms with Gasteiger partial charge in [0.1, 0.15) is 18.1 Å². The van der Waals surface area contributed by atoms with Crippen molar-refractivity contribution in [3.8, 4) is 11.5 Å². The lowest BCUT2D eigenvalue weighted by atomic mass is 9.79. The molecule has 10 heteroatoms. The van der Waals surface area contributed by atoms with Crippen LogP contribution in [0.4, 0.5) is 5.69 Å². The van der Waals surface area contributed by atoms with E-state index in [1.165, 1.54) is 0 Å². The summed E-state index contributed by atoms with van der Waals surface area (Å²) in [5, 5.41) is 11.2. The zero-order valence-electron chi connectivity index (χ0n) is 27.9. The Balaban J connectivity index is 1.62. The summed E-state index contributed by atoms with van der Waals surface area (Å²) in [4.78, 5) is 18.0. The number of rotatable bonds is 15. The summed E-state index contributed by atoms with van der Waals surface area (Å²) in [5.41, 5.74) is 8.51. The summed E-state index contributed by atoms with van der Waals surface area (Å²) in [6.45, 7) is 9.64. The molecule has 4 rings (SSSR count). The minimum absolute atomic E-state index is 0.0231. The minimum Gasteiger partial charge on any atom is -0.497 e. The number of aliphatic hydroxyl groups is 1. The summed E-state index contributed by atoms with van der Waals surface area (Å²) in [6.07, 6.45) is 1.61. The van der Waals surface area contributed by atoms with Crippen LogP contribution in [0.1, 0.15) is 57.1 Å². The zero-order valence-corrected chi connectivity index (χ0v) is 27.9. The number of nitrogens with two attached hydrogens (primary N) is 1. The molecule has 1 saturated heterocycles. The van der Waals surface area contributed by atoms with Crippen LogP contribution in [0.25, 0.3) is 0 Å². The van der Waals surface area contributed by atoms with Crippen LogP contribution in [-0.4, -0.2) is 100 Å². The number of nitrogens with zero attached hydrogens (tertiary/aromatic N) is 2. The van der Waals surface area contributed by atoms with E-state index in [1.807, 2.05) is 43.0 Å². The molecule has 0 bridgehead atoms. The van der Waals surface area contributed by atoms with Crippen LogP contribution in [0.2, 0.25) is 0 Å². The molecule has 0 aromatic heterocycles. The van der Waals surface area contributed by atoms with E-state index in [9.17, 15) is 9.90 Å². The predicted molar refractivity (Wildman–Crippen MR) is 175 cm³/mol. The largest absolute Gasteiger partial charge is 0.497 e. The topological polar surface area (TPSA) is 116 Å². The molecule has 45 heavy (non-hydrogen) atoms. The van der Waals surface area contributed by atoms with E-state index in [0.29, 0.717) is 39.2 Å². The molecule has 0 radical (unpaired) electrons. The summed E-state index contributed by atoms with van der Waals surface area (Å²) < 4.78 is 28.7. The van der Waals surface area contributed by atoms with Crippen LogP contribution in [0, 0.1) is 5.92 Å². The number of anilines is 1. The molecule has 0 aliphatic carbocycles. The molecular weight excluding hydrogens is 574 g/mol. The van der Waals surface area contributed by atoms with Crippen LogP contribution in [-0.2, 0) is 25.6 Å². The number of carbonyl (C=O) groups is 1. The number of carbonyl (C=O) groups excluding carboxylic acids is 1. The van der Waals surface area contributed by atoms with Crippen LogP contribution in [0.15, 0.2) is 42.5 Å². The van der Waals surface area contributed by atoms with Crippen LogP contribution >= 0.6 is 0 Å². The van der Waals surface area contributed by atoms with Crippen molar-refractivity contribution < 1.29 is 33.6 Å². The molecule has 1 fully saturated rings. The number of methoxy groups -OCH3 is 3. The highest BCUT2D eigenvalue weighted by Crippen LogP contribution is 2.39. The lowest BCUT2D eigenvalue weighted by Gasteiger charge is -2.47. The third-order valence-corrected chi connectivity index (χ3v) is 8.98. The number of amides is 1. The summed E-state index contributed by atoms with van der Waals surface area (Å²) >= 11 is 0. The fourth-order valence-electron chi connectivity index (χ4n) is 6.47. The van der Waals surface area contributed by atoms with Gasteiger partial charge in [-0.2, -0.15) is 0 Å². The summed E-state index contributed by atoms with van der Waals surface area (Å²) in [7, 11) is 4.95. The first kappa shape index (κ1) is 35.0. The van der Waals surface area contributed by atoms with Gasteiger partial charge in [-0.1, -0.05) is 32.0 Å². The number of fused-ring (bicyclic) bond motifs is 1. The van der Waals surface area contributed by atoms with Crippen molar-refractivity contribution in [2.24, 2.45) is 11.7 Å². The molecule has 2 aromatic rings. The van der Waals surface area contributed by atoms with Gasteiger partial charge in [0.2, 0.25) is 5.91 Å².